The van der Waals surface area contributed by atoms with Crippen LogP contribution in [-0.2, 0) is 19.6 Å². The van der Waals surface area contributed by atoms with Gasteiger partial charge in [-0.3, -0.25) is 9.59 Å². The molecule has 1 aliphatic rings. The molecule has 4 aromatic rings. The van der Waals surface area contributed by atoms with E-state index in [9.17, 15) is 9.59 Å². The fourth-order valence-electron chi connectivity index (χ4n) is 5.90. The highest BCUT2D eigenvalue weighted by Crippen LogP contribution is 2.39. The van der Waals surface area contributed by atoms with Crippen molar-refractivity contribution >= 4 is 64.3 Å². The van der Waals surface area contributed by atoms with E-state index in [1.807, 2.05) is 58.0 Å². The summed E-state index contributed by atoms with van der Waals surface area (Å²) >= 11 is 25.2. The van der Waals surface area contributed by atoms with Crippen molar-refractivity contribution in [2.24, 2.45) is 23.2 Å². The van der Waals surface area contributed by atoms with Crippen LogP contribution < -0.4 is 21.3 Å². The van der Waals surface area contributed by atoms with Gasteiger partial charge in [-0.2, -0.15) is 0 Å². The topological polar surface area (TPSA) is 73.1 Å². The van der Waals surface area contributed by atoms with Gasteiger partial charge in [-0.25, -0.2) is 4.42 Å². The third-order valence-corrected chi connectivity index (χ3v) is 10.4. The third kappa shape index (κ3) is 10.1. The predicted molar refractivity (Wildman–Crippen MR) is 222 cm³/mol. The highest BCUT2D eigenvalue weighted by Gasteiger charge is 2.35. The summed E-state index contributed by atoms with van der Waals surface area (Å²) in [6.07, 6.45) is 7.09. The lowest BCUT2D eigenvalue weighted by atomic mass is 9.87. The Kier molecular flexibility index (Phi) is 13.4. The van der Waals surface area contributed by atoms with E-state index in [0.29, 0.717) is 98.1 Å². The normalized spacial score (nSPS) is 15.0. The van der Waals surface area contributed by atoms with Crippen LogP contribution in [0, 0.1) is 23.2 Å². The Labute approximate surface area is 337 Å². The molecule has 1 atom stereocenters. The summed E-state index contributed by atoms with van der Waals surface area (Å²) in [6.45, 7) is 18.5. The summed E-state index contributed by atoms with van der Waals surface area (Å²) in [7, 11) is 0. The molecule has 6 nitrogen and oxygen atoms in total. The maximum atomic E-state index is 13.7. The molecule has 2 heterocycles. The first-order valence-electron chi connectivity index (χ1n) is 18.0. The van der Waals surface area contributed by atoms with Gasteiger partial charge in [-0.15, -0.1) is 0 Å². The molecule has 0 fully saturated rings. The van der Waals surface area contributed by atoms with Crippen molar-refractivity contribution in [1.82, 2.24) is 0 Å². The molecule has 0 spiro atoms. The fourth-order valence-corrected chi connectivity index (χ4v) is 6.49. The maximum Gasteiger partial charge on any atom is 0.360 e. The van der Waals surface area contributed by atoms with Gasteiger partial charge in [0.05, 0.1) is 55.4 Å². The second-order valence-corrected chi connectivity index (χ2v) is 17.6. The Bertz CT molecular complexity index is 2240. The highest BCUT2D eigenvalue weighted by atomic mass is 35.5. The molecule has 0 saturated heterocycles. The van der Waals surface area contributed by atoms with E-state index in [1.165, 1.54) is 0 Å². The van der Waals surface area contributed by atoms with E-state index in [0.717, 1.165) is 0 Å². The molecule has 286 valence electrons. The van der Waals surface area contributed by atoms with E-state index < -0.39 is 16.7 Å². The minimum atomic E-state index is -0.536. The molecule has 1 aromatic heterocycles. The lowest BCUT2D eigenvalue weighted by molar-refractivity contribution is 0.0432. The van der Waals surface area contributed by atoms with E-state index in [4.69, 9.17) is 65.0 Å². The predicted octanol–water partition coefficient (Wildman–Crippen LogP) is 10.3. The van der Waals surface area contributed by atoms with Gasteiger partial charge in [0.2, 0.25) is 10.9 Å². The zero-order valence-corrected chi connectivity index (χ0v) is 35.0. The molecule has 1 aliphatic heterocycles. The van der Waals surface area contributed by atoms with Crippen LogP contribution >= 0.6 is 46.4 Å². The van der Waals surface area contributed by atoms with Gasteiger partial charge in [0.15, 0.2) is 0 Å². The largest absolute Gasteiger partial charge is 0.461 e. The van der Waals surface area contributed by atoms with Crippen molar-refractivity contribution in [2.45, 2.75) is 60.8 Å². The molecule has 1 unspecified atom stereocenters. The van der Waals surface area contributed by atoms with Gasteiger partial charge in [-0.1, -0.05) is 94.0 Å². The first kappa shape index (κ1) is 41.9. The standard InChI is InChI=1S/C44H47Cl4O6/c1-25(2)21-51-23-43(5,6)39-17-27(15-37(53-39)29-9-11-33(45)35(47)19-29)13-31-41(49)32(42(31)50)14-28-16-38(30-10-12-34(46)36(48)20-30)54-40(18-28)44(7,8)24-52-22-26(3)4/h9-20,25-27H,21-24H2,1-8H3/q+1. The minimum absolute atomic E-state index is 0.0831. The molecule has 0 saturated carbocycles. The third-order valence-electron chi connectivity index (χ3n) is 8.94. The van der Waals surface area contributed by atoms with Gasteiger partial charge >= 0.3 is 11.5 Å². The van der Waals surface area contributed by atoms with Crippen LogP contribution in [0.3, 0.4) is 0 Å². The zero-order chi connectivity index (χ0) is 39.5. The number of benzene rings is 2. The first-order valence-corrected chi connectivity index (χ1v) is 19.6. The van der Waals surface area contributed by atoms with Crippen molar-refractivity contribution in [1.29, 1.82) is 0 Å². The van der Waals surface area contributed by atoms with Gasteiger partial charge in [0.1, 0.15) is 16.9 Å². The monoisotopic (exact) mass is 811 g/mol. The van der Waals surface area contributed by atoms with Crippen LogP contribution in [0.5, 0.6) is 0 Å². The summed E-state index contributed by atoms with van der Waals surface area (Å²) in [5.41, 5.74) is 0.294. The molecular weight excluding hydrogens is 766 g/mol. The van der Waals surface area contributed by atoms with Crippen molar-refractivity contribution < 1.29 is 18.6 Å². The second-order valence-electron chi connectivity index (χ2n) is 16.0. The molecule has 0 bridgehead atoms. The van der Waals surface area contributed by atoms with Gasteiger partial charge in [-0.05, 0) is 85.9 Å². The lowest BCUT2D eigenvalue weighted by Gasteiger charge is -2.32. The van der Waals surface area contributed by atoms with Crippen molar-refractivity contribution in [3.05, 3.63) is 134 Å². The van der Waals surface area contributed by atoms with Crippen LogP contribution in [0.2, 0.25) is 20.1 Å². The Balaban J connectivity index is 1.58. The van der Waals surface area contributed by atoms with Crippen molar-refractivity contribution in [3.63, 3.8) is 0 Å². The Hall–Kier alpha value is -3.23. The Morgan fingerprint density at radius 1 is 0.722 bits per heavy atom. The van der Waals surface area contributed by atoms with Crippen LogP contribution in [0.25, 0.3) is 29.2 Å². The quantitative estimate of drug-likeness (QED) is 0.118. The number of hydrogen-bond donors (Lipinski definition) is 0. The second kappa shape index (κ2) is 17.3. The minimum Gasteiger partial charge on any atom is -0.461 e. The highest BCUT2D eigenvalue weighted by molar-refractivity contribution is 6.42. The van der Waals surface area contributed by atoms with Crippen molar-refractivity contribution in [2.75, 3.05) is 26.4 Å². The average molecular weight is 814 g/mol. The number of rotatable bonds is 14. The maximum absolute atomic E-state index is 13.7. The van der Waals surface area contributed by atoms with Gasteiger partial charge in [0, 0.05) is 36.2 Å². The van der Waals surface area contributed by atoms with E-state index >= 15 is 0 Å². The number of halogens is 4. The molecule has 0 amide bonds. The number of allylic oxidation sites excluding steroid dienone is 2. The molecule has 0 aliphatic carbocycles. The fraction of sp³-hybridized carbons (Fsp3) is 0.386. The number of ether oxygens (including phenoxy) is 3. The molecule has 5 rings (SSSR count). The summed E-state index contributed by atoms with van der Waals surface area (Å²) in [5.74, 6) is 2.63. The summed E-state index contributed by atoms with van der Waals surface area (Å²) < 4.78 is 24.9. The van der Waals surface area contributed by atoms with Gasteiger partial charge in [0.25, 0.3) is 0 Å². The lowest BCUT2D eigenvalue weighted by Crippen LogP contribution is -2.64. The number of hydrogen-bond acceptors (Lipinski definition) is 5. The molecular formula is C44H47Cl4O6+. The smallest absolute Gasteiger partial charge is 0.360 e. The van der Waals surface area contributed by atoms with Crippen LogP contribution in [0.15, 0.2) is 80.4 Å². The molecule has 10 heteroatoms. The Morgan fingerprint density at radius 3 is 1.85 bits per heavy atom. The Morgan fingerprint density at radius 2 is 1.28 bits per heavy atom. The van der Waals surface area contributed by atoms with Crippen LogP contribution in [-0.4, -0.2) is 26.4 Å². The summed E-state index contributed by atoms with van der Waals surface area (Å²) in [6, 6.07) is 14.1. The SMILES string of the molecule is CC(C)COCC(C)(C)C1=CC(C=c2c(=O)c(=Cc3cc(-c4ccc(Cl)c(Cl)c4)[o+]c(C(C)(C)COCC(C)C)c3)c2=O)C=C(c2ccc(Cl)c(Cl)c2)O1. The molecule has 54 heavy (non-hydrogen) atoms. The van der Waals surface area contributed by atoms with E-state index in [1.54, 1.807) is 42.5 Å². The van der Waals surface area contributed by atoms with E-state index in [-0.39, 0.29) is 21.3 Å². The van der Waals surface area contributed by atoms with Crippen LogP contribution in [0.1, 0.15) is 72.3 Å². The molecule has 3 aromatic carbocycles. The average Bonchev–Trinajstić information content (AvgIpc) is 3.11. The van der Waals surface area contributed by atoms with Crippen molar-refractivity contribution in [3.8, 4) is 11.3 Å². The molecule has 0 N–H and O–H groups in total. The van der Waals surface area contributed by atoms with E-state index in [2.05, 4.69) is 27.7 Å². The van der Waals surface area contributed by atoms with Crippen LogP contribution in [0.4, 0.5) is 0 Å². The first-order chi connectivity index (χ1) is 25.3. The summed E-state index contributed by atoms with van der Waals surface area (Å²) in [5, 5.41) is 1.79. The summed E-state index contributed by atoms with van der Waals surface area (Å²) in [4.78, 5) is 27.5. The van der Waals surface area contributed by atoms with Gasteiger partial charge < -0.3 is 14.2 Å². The zero-order valence-electron chi connectivity index (χ0n) is 32.0. The molecule has 0 radical (unpaired) electrons.